The quantitative estimate of drug-likeness (QED) is 0.848. The number of rotatable bonds is 3. The van der Waals surface area contributed by atoms with E-state index in [0.717, 1.165) is 9.35 Å². The van der Waals surface area contributed by atoms with Crippen LogP contribution in [0.3, 0.4) is 0 Å². The summed E-state index contributed by atoms with van der Waals surface area (Å²) in [4.78, 5) is 12.3. The molecule has 0 bridgehead atoms. The number of carbonyl (C=O) groups excluding carboxylic acids is 1. The summed E-state index contributed by atoms with van der Waals surface area (Å²) < 4.78 is 0.977. The van der Waals surface area contributed by atoms with Gasteiger partial charge in [-0.3, -0.25) is 4.79 Å². The number of halogens is 1. The lowest BCUT2D eigenvalue weighted by atomic mass is 9.84. The van der Waals surface area contributed by atoms with Gasteiger partial charge in [0.2, 0.25) is 0 Å². The molecule has 0 spiro atoms. The third-order valence-corrected chi connectivity index (χ3v) is 4.16. The van der Waals surface area contributed by atoms with E-state index in [2.05, 4.69) is 22.0 Å². The third-order valence-electron chi connectivity index (χ3n) is 2.23. The minimum atomic E-state index is -0.895. The predicted molar refractivity (Wildman–Crippen MR) is 60.1 cm³/mol. The monoisotopic (exact) mass is 271 g/mol. The number of nitrogens with zero attached hydrogens (tertiary/aromatic N) is 1. The Morgan fingerprint density at radius 3 is 2.79 bits per heavy atom. The largest absolute Gasteiger partial charge is 0.298 e. The Morgan fingerprint density at radius 1 is 1.79 bits per heavy atom. The number of hydrogen-bond acceptors (Lipinski definition) is 3. The van der Waals surface area contributed by atoms with E-state index < -0.39 is 5.41 Å². The zero-order valence-electron chi connectivity index (χ0n) is 8.00. The van der Waals surface area contributed by atoms with Crippen LogP contribution >= 0.6 is 27.3 Å². The van der Waals surface area contributed by atoms with E-state index in [9.17, 15) is 4.79 Å². The Hall–Kier alpha value is -0.660. The fraction of sp³-hybridized carbons (Fsp3) is 0.400. The zero-order valence-corrected chi connectivity index (χ0v) is 10.4. The molecule has 0 aromatic carbocycles. The molecule has 0 aliphatic carbocycles. The molecule has 0 radical (unpaired) electrons. The van der Waals surface area contributed by atoms with Crippen molar-refractivity contribution in [3.8, 4) is 6.07 Å². The maximum Gasteiger partial charge on any atom is 0.150 e. The summed E-state index contributed by atoms with van der Waals surface area (Å²) in [5.74, 6) is -0.0831. The van der Waals surface area contributed by atoms with E-state index in [1.54, 1.807) is 18.3 Å². The van der Waals surface area contributed by atoms with E-state index in [1.807, 2.05) is 11.4 Å². The number of hydrogen-bond donors (Lipinski definition) is 0. The van der Waals surface area contributed by atoms with Gasteiger partial charge in [0.25, 0.3) is 0 Å². The van der Waals surface area contributed by atoms with Crippen LogP contribution in [-0.2, 0) is 11.2 Å². The van der Waals surface area contributed by atoms with Crippen LogP contribution in [0.15, 0.2) is 15.9 Å². The van der Waals surface area contributed by atoms with Crippen molar-refractivity contribution >= 4 is 33.0 Å². The molecule has 1 rings (SSSR count). The third kappa shape index (κ3) is 2.23. The van der Waals surface area contributed by atoms with E-state index in [0.29, 0.717) is 6.42 Å². The van der Waals surface area contributed by atoms with Crippen molar-refractivity contribution < 1.29 is 4.79 Å². The molecule has 4 heteroatoms. The number of ketones is 1. The summed E-state index contributed by atoms with van der Waals surface area (Å²) in [7, 11) is 0. The molecular formula is C10H10BrNOS. The molecule has 1 heterocycles. The Balaban J connectivity index is 2.93. The topological polar surface area (TPSA) is 40.9 Å². The Labute approximate surface area is 95.7 Å². The Morgan fingerprint density at radius 2 is 2.43 bits per heavy atom. The summed E-state index contributed by atoms with van der Waals surface area (Å²) in [6, 6.07) is 4.01. The first kappa shape index (κ1) is 11.4. The Bertz CT molecular complexity index is 393. The van der Waals surface area contributed by atoms with Crippen LogP contribution < -0.4 is 0 Å². The molecule has 1 aromatic heterocycles. The second-order valence-electron chi connectivity index (χ2n) is 3.37. The predicted octanol–water partition coefficient (Wildman–Crippen LogP) is 3.17. The van der Waals surface area contributed by atoms with E-state index in [1.165, 1.54) is 6.92 Å². The fourth-order valence-electron chi connectivity index (χ4n) is 1.02. The van der Waals surface area contributed by atoms with Crippen molar-refractivity contribution in [3.05, 3.63) is 20.8 Å². The van der Waals surface area contributed by atoms with E-state index >= 15 is 0 Å². The van der Waals surface area contributed by atoms with Crippen LogP contribution in [0.1, 0.15) is 18.7 Å². The van der Waals surface area contributed by atoms with Crippen LogP contribution in [0.2, 0.25) is 0 Å². The lowest BCUT2D eigenvalue weighted by Gasteiger charge is -2.16. The SMILES string of the molecule is CC(=O)C(C)(C#N)Cc1sccc1Br. The number of carbonyl (C=O) groups is 1. The van der Waals surface area contributed by atoms with Gasteiger partial charge in [-0.05, 0) is 41.2 Å². The Kier molecular flexibility index (Phi) is 3.46. The van der Waals surface area contributed by atoms with Crippen molar-refractivity contribution in [1.82, 2.24) is 0 Å². The molecule has 2 nitrogen and oxygen atoms in total. The molecule has 0 saturated heterocycles. The molecule has 1 aromatic rings. The van der Waals surface area contributed by atoms with Gasteiger partial charge in [-0.25, -0.2) is 0 Å². The second kappa shape index (κ2) is 4.24. The maximum atomic E-state index is 11.3. The molecule has 74 valence electrons. The van der Waals surface area contributed by atoms with Gasteiger partial charge in [0.05, 0.1) is 6.07 Å². The molecule has 0 N–H and O–H groups in total. The highest BCUT2D eigenvalue weighted by atomic mass is 79.9. The summed E-state index contributed by atoms with van der Waals surface area (Å²) in [6.45, 7) is 3.15. The highest BCUT2D eigenvalue weighted by Gasteiger charge is 2.31. The summed E-state index contributed by atoms with van der Waals surface area (Å²) in [5, 5.41) is 10.9. The summed E-state index contributed by atoms with van der Waals surface area (Å²) >= 11 is 4.95. The molecule has 0 aliphatic rings. The van der Waals surface area contributed by atoms with Crippen molar-refractivity contribution in [1.29, 1.82) is 5.26 Å². The summed E-state index contributed by atoms with van der Waals surface area (Å²) in [6.07, 6.45) is 0.483. The highest BCUT2D eigenvalue weighted by molar-refractivity contribution is 9.10. The van der Waals surface area contributed by atoms with Gasteiger partial charge in [0, 0.05) is 15.8 Å². The minimum absolute atomic E-state index is 0.0831. The number of thiophene rings is 1. The van der Waals surface area contributed by atoms with Gasteiger partial charge >= 0.3 is 0 Å². The van der Waals surface area contributed by atoms with Crippen molar-refractivity contribution in [2.24, 2.45) is 5.41 Å². The number of nitriles is 1. The molecule has 0 amide bonds. The lowest BCUT2D eigenvalue weighted by molar-refractivity contribution is -0.123. The summed E-state index contributed by atoms with van der Waals surface area (Å²) in [5.41, 5.74) is -0.895. The normalized spacial score (nSPS) is 14.4. The molecule has 14 heavy (non-hydrogen) atoms. The van der Waals surface area contributed by atoms with Gasteiger partial charge in [-0.1, -0.05) is 0 Å². The molecule has 1 atom stereocenters. The lowest BCUT2D eigenvalue weighted by Crippen LogP contribution is -2.25. The average molecular weight is 272 g/mol. The molecule has 0 fully saturated rings. The first-order chi connectivity index (χ1) is 6.49. The second-order valence-corrected chi connectivity index (χ2v) is 5.22. The van der Waals surface area contributed by atoms with Crippen LogP contribution in [-0.4, -0.2) is 5.78 Å². The van der Waals surface area contributed by atoms with Gasteiger partial charge in [0.1, 0.15) is 11.2 Å². The van der Waals surface area contributed by atoms with Gasteiger partial charge < -0.3 is 0 Å². The maximum absolute atomic E-state index is 11.3. The first-order valence-electron chi connectivity index (χ1n) is 4.14. The van der Waals surface area contributed by atoms with Gasteiger partial charge in [0.15, 0.2) is 0 Å². The van der Waals surface area contributed by atoms with Crippen LogP contribution in [0.4, 0.5) is 0 Å². The van der Waals surface area contributed by atoms with Gasteiger partial charge in [-0.2, -0.15) is 5.26 Å². The first-order valence-corrected chi connectivity index (χ1v) is 5.81. The minimum Gasteiger partial charge on any atom is -0.298 e. The molecule has 1 unspecified atom stereocenters. The number of Topliss-reactive ketones (excluding diaryl/α,β-unsaturated/α-hetero) is 1. The van der Waals surface area contributed by atoms with Crippen molar-refractivity contribution in [3.63, 3.8) is 0 Å². The highest BCUT2D eigenvalue weighted by Crippen LogP contribution is 2.31. The van der Waals surface area contributed by atoms with E-state index in [4.69, 9.17) is 5.26 Å². The average Bonchev–Trinajstić information content (AvgIpc) is 2.51. The van der Waals surface area contributed by atoms with Crippen molar-refractivity contribution in [2.75, 3.05) is 0 Å². The smallest absolute Gasteiger partial charge is 0.150 e. The standard InChI is InChI=1S/C10H10BrNOS/c1-7(13)10(2,6-12)5-9-8(11)3-4-14-9/h3-4H,5H2,1-2H3. The van der Waals surface area contributed by atoms with Crippen LogP contribution in [0.5, 0.6) is 0 Å². The fourth-order valence-corrected chi connectivity index (χ4v) is 2.66. The van der Waals surface area contributed by atoms with Crippen LogP contribution in [0, 0.1) is 16.7 Å². The molecule has 0 saturated carbocycles. The van der Waals surface area contributed by atoms with Gasteiger partial charge in [-0.15, -0.1) is 11.3 Å². The molecule has 0 aliphatic heterocycles. The zero-order chi connectivity index (χ0) is 10.8. The molecular weight excluding hydrogens is 262 g/mol. The van der Waals surface area contributed by atoms with Crippen LogP contribution in [0.25, 0.3) is 0 Å². The van der Waals surface area contributed by atoms with Crippen molar-refractivity contribution in [2.45, 2.75) is 20.3 Å². The van der Waals surface area contributed by atoms with E-state index in [-0.39, 0.29) is 5.78 Å².